The number of hydrogen-bond acceptors (Lipinski definition) is 5. The Balaban J connectivity index is 1.91. The molecule has 0 saturated heterocycles. The molecule has 0 spiro atoms. The molecule has 9 heteroatoms. The van der Waals surface area contributed by atoms with Gasteiger partial charge in [-0.15, -0.1) is 0 Å². The highest BCUT2D eigenvalue weighted by Crippen LogP contribution is 2.53. The molecule has 0 aliphatic heterocycles. The summed E-state index contributed by atoms with van der Waals surface area (Å²) in [5.74, 6) is 0.612. The molecule has 162 valence electrons. The summed E-state index contributed by atoms with van der Waals surface area (Å²) in [7, 11) is 1.47. The molecule has 0 aromatic heterocycles. The van der Waals surface area contributed by atoms with E-state index in [9.17, 15) is 18.0 Å². The minimum absolute atomic E-state index is 0.0868. The fourth-order valence-corrected chi connectivity index (χ4v) is 4.97. The minimum Gasteiger partial charge on any atom is -0.497 e. The molecule has 1 N–H and O–H groups in total. The van der Waals surface area contributed by atoms with Crippen LogP contribution in [0.3, 0.4) is 0 Å². The van der Waals surface area contributed by atoms with Crippen LogP contribution in [0.5, 0.6) is 11.5 Å². The smallest absolute Gasteiger partial charge is 0.431 e. The van der Waals surface area contributed by atoms with Gasteiger partial charge in [-0.25, -0.2) is 4.79 Å². The van der Waals surface area contributed by atoms with Gasteiger partial charge in [0.05, 0.1) is 7.11 Å². The molecular weight excluding hydrogens is 447 g/mol. The Morgan fingerprint density at radius 3 is 1.65 bits per heavy atom. The van der Waals surface area contributed by atoms with Gasteiger partial charge in [-0.05, 0) is 48.5 Å². The zero-order valence-corrected chi connectivity index (χ0v) is 17.9. The average Bonchev–Trinajstić information content (AvgIpc) is 2.75. The summed E-state index contributed by atoms with van der Waals surface area (Å²) in [6, 6.07) is 22.1. The summed E-state index contributed by atoms with van der Waals surface area (Å²) >= 11 is 0.978. The predicted octanol–water partition coefficient (Wildman–Crippen LogP) is 6.58. The zero-order chi connectivity index (χ0) is 22.3. The Morgan fingerprint density at radius 2 is 1.23 bits per heavy atom. The van der Waals surface area contributed by atoms with Gasteiger partial charge in [0.1, 0.15) is 11.5 Å². The Labute approximate surface area is 186 Å². The maximum Gasteiger partial charge on any atom is 0.431 e. The molecular formula is C22H18F3NO3S2. The normalized spacial score (nSPS) is 11.6. The fraction of sp³-hybridized carbons (Fsp3) is 0.136. The number of carbonyl (C=O) groups is 1. The van der Waals surface area contributed by atoms with E-state index < -0.39 is 16.5 Å². The molecule has 0 bridgehead atoms. The lowest BCUT2D eigenvalue weighted by Crippen LogP contribution is -2.54. The Kier molecular flexibility index (Phi) is 7.40. The van der Waals surface area contributed by atoms with Crippen molar-refractivity contribution in [3.05, 3.63) is 84.9 Å². The maximum atomic E-state index is 14.4. The second-order valence-corrected chi connectivity index (χ2v) is 8.97. The van der Waals surface area contributed by atoms with Gasteiger partial charge in [0.15, 0.2) is 0 Å². The number of ether oxygens (including phenoxy) is 2. The van der Waals surface area contributed by atoms with E-state index >= 15 is 0 Å². The van der Waals surface area contributed by atoms with Crippen molar-refractivity contribution in [1.29, 1.82) is 0 Å². The second-order valence-electron chi connectivity index (χ2n) is 6.13. The molecule has 31 heavy (non-hydrogen) atoms. The standard InChI is InChI=1S/C22H18F3NO3S2/c1-28-16-12-14-17(15-13-16)29-20(27)26-22(21(23,24)25,30-18-8-4-2-5-9-18)31-19-10-6-3-7-11-19/h2-15H,1H3,(H,26,27). The number of methoxy groups -OCH3 is 1. The summed E-state index contributed by atoms with van der Waals surface area (Å²) in [6.45, 7) is 0. The van der Waals surface area contributed by atoms with Crippen LogP contribution in [0.25, 0.3) is 0 Å². The van der Waals surface area contributed by atoms with Gasteiger partial charge in [-0.1, -0.05) is 59.9 Å². The molecule has 0 aliphatic carbocycles. The number of rotatable bonds is 7. The highest BCUT2D eigenvalue weighted by molar-refractivity contribution is 8.18. The summed E-state index contributed by atoms with van der Waals surface area (Å²) in [5.41, 5.74) is 0. The van der Waals surface area contributed by atoms with Crippen LogP contribution in [0.1, 0.15) is 0 Å². The third-order valence-electron chi connectivity index (χ3n) is 3.92. The minimum atomic E-state index is -4.81. The Hall–Kier alpha value is -2.78. The number of carbonyl (C=O) groups excluding carboxylic acids is 1. The topological polar surface area (TPSA) is 47.6 Å². The van der Waals surface area contributed by atoms with Crippen molar-refractivity contribution in [3.8, 4) is 11.5 Å². The van der Waals surface area contributed by atoms with Gasteiger partial charge >= 0.3 is 12.3 Å². The van der Waals surface area contributed by atoms with E-state index in [0.717, 1.165) is 0 Å². The van der Waals surface area contributed by atoms with Crippen LogP contribution < -0.4 is 14.8 Å². The van der Waals surface area contributed by atoms with Gasteiger partial charge in [0.2, 0.25) is 4.20 Å². The van der Waals surface area contributed by atoms with Gasteiger partial charge in [0, 0.05) is 9.79 Å². The van der Waals surface area contributed by atoms with E-state index in [-0.39, 0.29) is 5.75 Å². The third kappa shape index (κ3) is 6.11. The van der Waals surface area contributed by atoms with Crippen molar-refractivity contribution < 1.29 is 27.4 Å². The van der Waals surface area contributed by atoms with Gasteiger partial charge in [-0.2, -0.15) is 13.2 Å². The second kappa shape index (κ2) is 10.0. The number of alkyl halides is 3. The molecule has 3 rings (SSSR count). The number of hydrogen-bond donors (Lipinski definition) is 1. The van der Waals surface area contributed by atoms with Crippen LogP contribution in [0.2, 0.25) is 0 Å². The SMILES string of the molecule is COc1ccc(OC(=O)NC(Sc2ccccc2)(Sc2ccccc2)C(F)(F)F)cc1. The molecule has 0 radical (unpaired) electrons. The molecule has 0 saturated carbocycles. The molecule has 4 nitrogen and oxygen atoms in total. The van der Waals surface area contributed by atoms with Crippen LogP contribution in [-0.4, -0.2) is 23.6 Å². The highest BCUT2D eigenvalue weighted by atomic mass is 32.2. The Bertz CT molecular complexity index is 943. The highest BCUT2D eigenvalue weighted by Gasteiger charge is 2.58. The summed E-state index contributed by atoms with van der Waals surface area (Å²) in [4.78, 5) is 13.2. The van der Waals surface area contributed by atoms with Gasteiger partial charge < -0.3 is 9.47 Å². The average molecular weight is 466 g/mol. The lowest BCUT2D eigenvalue weighted by Gasteiger charge is -2.34. The predicted molar refractivity (Wildman–Crippen MR) is 116 cm³/mol. The molecule has 0 aliphatic rings. The van der Waals surface area contributed by atoms with Crippen LogP contribution in [0.4, 0.5) is 18.0 Å². The van der Waals surface area contributed by atoms with Crippen molar-refractivity contribution in [3.63, 3.8) is 0 Å². The van der Waals surface area contributed by atoms with E-state index in [0.29, 0.717) is 39.1 Å². The molecule has 0 atom stereocenters. The molecule has 0 heterocycles. The van der Waals surface area contributed by atoms with Crippen LogP contribution >= 0.6 is 23.5 Å². The monoisotopic (exact) mass is 465 g/mol. The third-order valence-corrected chi connectivity index (χ3v) is 6.68. The number of halogens is 3. The van der Waals surface area contributed by atoms with Crippen molar-refractivity contribution >= 4 is 29.6 Å². The Morgan fingerprint density at radius 1 is 0.774 bits per heavy atom. The number of nitrogens with one attached hydrogen (secondary N) is 1. The molecule has 1 amide bonds. The van der Waals surface area contributed by atoms with Crippen LogP contribution in [0.15, 0.2) is 94.7 Å². The summed E-state index contributed by atoms with van der Waals surface area (Å²) < 4.78 is 50.7. The van der Waals surface area contributed by atoms with Crippen LogP contribution in [-0.2, 0) is 0 Å². The van der Waals surface area contributed by atoms with E-state index in [4.69, 9.17) is 9.47 Å². The lowest BCUT2D eigenvalue weighted by atomic mass is 10.3. The quantitative estimate of drug-likeness (QED) is 0.315. The van der Waals surface area contributed by atoms with Crippen molar-refractivity contribution in [2.24, 2.45) is 0 Å². The first-order valence-corrected chi connectivity index (χ1v) is 10.6. The zero-order valence-electron chi connectivity index (χ0n) is 16.3. The van der Waals surface area contributed by atoms with Crippen molar-refractivity contribution in [1.82, 2.24) is 5.32 Å². The lowest BCUT2D eigenvalue weighted by molar-refractivity contribution is -0.141. The van der Waals surface area contributed by atoms with Gasteiger partial charge in [0.25, 0.3) is 0 Å². The largest absolute Gasteiger partial charge is 0.497 e. The first kappa shape index (κ1) is 22.9. The fourth-order valence-electron chi connectivity index (χ4n) is 2.48. The number of amides is 1. The molecule has 0 unspecified atom stereocenters. The molecule has 3 aromatic rings. The van der Waals surface area contributed by atoms with E-state index in [1.165, 1.54) is 31.4 Å². The first-order valence-electron chi connectivity index (χ1n) is 9.00. The maximum absolute atomic E-state index is 14.4. The first-order chi connectivity index (χ1) is 14.8. The van der Waals surface area contributed by atoms with Gasteiger partial charge in [-0.3, -0.25) is 5.32 Å². The summed E-state index contributed by atoms with van der Waals surface area (Å²) in [5, 5.41) is 2.05. The molecule has 3 aromatic carbocycles. The van der Waals surface area contributed by atoms with E-state index in [1.54, 1.807) is 60.7 Å². The van der Waals surface area contributed by atoms with Crippen molar-refractivity contribution in [2.75, 3.05) is 7.11 Å². The number of benzene rings is 3. The van der Waals surface area contributed by atoms with E-state index in [2.05, 4.69) is 5.32 Å². The summed E-state index contributed by atoms with van der Waals surface area (Å²) in [6.07, 6.45) is -6.04. The van der Waals surface area contributed by atoms with Crippen molar-refractivity contribution in [2.45, 2.75) is 20.2 Å². The van der Waals surface area contributed by atoms with E-state index in [1.807, 2.05) is 0 Å². The number of thioether (sulfide) groups is 2. The molecule has 0 fully saturated rings. The van der Waals surface area contributed by atoms with Crippen LogP contribution in [0, 0.1) is 0 Å².